The number of sulfonamides is 1. The number of amides is 1. The lowest BCUT2D eigenvalue weighted by Crippen LogP contribution is -2.34. The van der Waals surface area contributed by atoms with Crippen LogP contribution in [0.2, 0.25) is 5.02 Å². The monoisotopic (exact) mass is 338 g/mol. The average molecular weight is 339 g/mol. The van der Waals surface area contributed by atoms with Gasteiger partial charge in [-0.25, -0.2) is 17.9 Å². The fraction of sp³-hybridized carbons (Fsp3) is 0.417. The first-order valence-corrected chi connectivity index (χ1v) is 7.91. The van der Waals surface area contributed by atoms with Crippen LogP contribution in [-0.2, 0) is 14.8 Å². The molecule has 0 spiro atoms. The number of ether oxygens (including phenoxy) is 1. The van der Waals surface area contributed by atoms with Crippen LogP contribution in [0.3, 0.4) is 0 Å². The van der Waals surface area contributed by atoms with Crippen LogP contribution < -0.4 is 10.5 Å². The summed E-state index contributed by atoms with van der Waals surface area (Å²) in [7, 11) is -2.63. The number of nitrogens with one attached hydrogen (secondary N) is 1. The Bertz CT molecular complexity index is 636. The molecule has 0 heterocycles. The van der Waals surface area contributed by atoms with E-state index in [-0.39, 0.29) is 11.1 Å². The van der Waals surface area contributed by atoms with Crippen molar-refractivity contribution in [2.75, 3.05) is 13.7 Å². The SMILES string of the molecule is COCCC(C)NC(=O)c1cc(S(N)(=O)=O)c(Cl)cc1F. The van der Waals surface area contributed by atoms with E-state index < -0.39 is 32.2 Å². The summed E-state index contributed by atoms with van der Waals surface area (Å²) in [5.41, 5.74) is -0.437. The minimum absolute atomic E-state index is 0.273. The second-order valence-electron chi connectivity index (χ2n) is 4.46. The van der Waals surface area contributed by atoms with E-state index in [2.05, 4.69) is 5.32 Å². The fourth-order valence-electron chi connectivity index (χ4n) is 1.59. The van der Waals surface area contributed by atoms with Crippen molar-refractivity contribution in [1.29, 1.82) is 0 Å². The molecule has 118 valence electrons. The molecule has 0 bridgehead atoms. The topological polar surface area (TPSA) is 98.5 Å². The number of hydrogen-bond acceptors (Lipinski definition) is 4. The molecule has 1 unspecified atom stereocenters. The Morgan fingerprint density at radius 2 is 2.14 bits per heavy atom. The van der Waals surface area contributed by atoms with Gasteiger partial charge in [0.1, 0.15) is 10.7 Å². The number of rotatable bonds is 6. The Kier molecular flexibility index (Phi) is 6.09. The Hall–Kier alpha value is -1.22. The average Bonchev–Trinajstić information content (AvgIpc) is 2.34. The Morgan fingerprint density at radius 1 is 1.52 bits per heavy atom. The first-order valence-electron chi connectivity index (χ1n) is 5.98. The smallest absolute Gasteiger partial charge is 0.254 e. The van der Waals surface area contributed by atoms with Crippen molar-refractivity contribution in [3.63, 3.8) is 0 Å². The van der Waals surface area contributed by atoms with Gasteiger partial charge in [0, 0.05) is 19.8 Å². The molecule has 0 aliphatic rings. The molecule has 1 aromatic rings. The molecule has 0 aromatic heterocycles. The van der Waals surface area contributed by atoms with Gasteiger partial charge in [0.05, 0.1) is 10.6 Å². The molecule has 1 aromatic carbocycles. The molecule has 6 nitrogen and oxygen atoms in total. The van der Waals surface area contributed by atoms with Crippen LogP contribution in [0.5, 0.6) is 0 Å². The van der Waals surface area contributed by atoms with Gasteiger partial charge in [-0.1, -0.05) is 11.6 Å². The van der Waals surface area contributed by atoms with E-state index >= 15 is 0 Å². The van der Waals surface area contributed by atoms with E-state index in [1.54, 1.807) is 6.92 Å². The predicted octanol–water partition coefficient (Wildman–Crippen LogP) is 1.28. The minimum atomic E-state index is -4.15. The summed E-state index contributed by atoms with van der Waals surface area (Å²) < 4.78 is 41.3. The maximum absolute atomic E-state index is 13.8. The summed E-state index contributed by atoms with van der Waals surface area (Å²) in [5.74, 6) is -1.68. The highest BCUT2D eigenvalue weighted by Gasteiger charge is 2.21. The number of hydrogen-bond donors (Lipinski definition) is 2. The summed E-state index contributed by atoms with van der Waals surface area (Å²) in [6, 6.07) is 1.30. The predicted molar refractivity (Wildman–Crippen MR) is 76.2 cm³/mol. The van der Waals surface area contributed by atoms with Crippen molar-refractivity contribution in [1.82, 2.24) is 5.32 Å². The third-order valence-electron chi connectivity index (χ3n) is 2.71. The van der Waals surface area contributed by atoms with Crippen LogP contribution in [0.4, 0.5) is 4.39 Å². The molecule has 1 rings (SSSR count). The Labute approximate surface area is 127 Å². The summed E-state index contributed by atoms with van der Waals surface area (Å²) in [5, 5.41) is 7.12. The van der Waals surface area contributed by atoms with Crippen LogP contribution in [0.25, 0.3) is 0 Å². The zero-order chi connectivity index (χ0) is 16.2. The number of halogens is 2. The zero-order valence-electron chi connectivity index (χ0n) is 11.5. The number of benzene rings is 1. The van der Waals surface area contributed by atoms with E-state index in [1.165, 1.54) is 7.11 Å². The maximum Gasteiger partial charge on any atom is 0.254 e. The molecule has 0 fully saturated rings. The van der Waals surface area contributed by atoms with Crippen LogP contribution in [0.1, 0.15) is 23.7 Å². The van der Waals surface area contributed by atoms with E-state index in [0.717, 1.165) is 12.1 Å². The third-order valence-corrected chi connectivity index (χ3v) is 4.08. The van der Waals surface area contributed by atoms with Crippen LogP contribution in [0.15, 0.2) is 17.0 Å². The van der Waals surface area contributed by atoms with Gasteiger partial charge in [-0.2, -0.15) is 0 Å². The molecule has 0 saturated carbocycles. The van der Waals surface area contributed by atoms with Gasteiger partial charge in [0.2, 0.25) is 10.0 Å². The molecule has 0 aliphatic carbocycles. The van der Waals surface area contributed by atoms with Gasteiger partial charge in [0.25, 0.3) is 5.91 Å². The van der Waals surface area contributed by atoms with Gasteiger partial charge in [0.15, 0.2) is 0 Å². The molecule has 21 heavy (non-hydrogen) atoms. The fourth-order valence-corrected chi connectivity index (χ4v) is 2.68. The van der Waals surface area contributed by atoms with Gasteiger partial charge in [-0.3, -0.25) is 4.79 Å². The molecule has 0 radical (unpaired) electrons. The van der Waals surface area contributed by atoms with Gasteiger partial charge in [-0.15, -0.1) is 0 Å². The summed E-state index contributed by atoms with van der Waals surface area (Å²) in [6.45, 7) is 2.14. The summed E-state index contributed by atoms with van der Waals surface area (Å²) in [4.78, 5) is 11.5. The van der Waals surface area contributed by atoms with Crippen LogP contribution in [-0.4, -0.2) is 34.1 Å². The minimum Gasteiger partial charge on any atom is -0.385 e. The van der Waals surface area contributed by atoms with E-state index in [0.29, 0.717) is 13.0 Å². The number of nitrogens with two attached hydrogens (primary N) is 1. The zero-order valence-corrected chi connectivity index (χ0v) is 13.1. The number of carbonyl (C=O) groups excluding carboxylic acids is 1. The molecule has 3 N–H and O–H groups in total. The second-order valence-corrected chi connectivity index (χ2v) is 6.40. The Morgan fingerprint density at radius 3 is 2.67 bits per heavy atom. The number of methoxy groups -OCH3 is 1. The highest BCUT2D eigenvalue weighted by molar-refractivity contribution is 7.89. The molecule has 1 atom stereocenters. The number of carbonyl (C=O) groups is 1. The van der Waals surface area contributed by atoms with Gasteiger partial charge in [-0.05, 0) is 25.5 Å². The van der Waals surface area contributed by atoms with Gasteiger partial charge >= 0.3 is 0 Å². The van der Waals surface area contributed by atoms with E-state index in [9.17, 15) is 17.6 Å². The lowest BCUT2D eigenvalue weighted by atomic mass is 10.1. The summed E-state index contributed by atoms with van der Waals surface area (Å²) >= 11 is 5.62. The normalized spacial score (nSPS) is 13.0. The highest BCUT2D eigenvalue weighted by Crippen LogP contribution is 2.24. The molecule has 1 amide bonds. The van der Waals surface area contributed by atoms with Crippen molar-refractivity contribution in [3.8, 4) is 0 Å². The van der Waals surface area contributed by atoms with Gasteiger partial charge < -0.3 is 10.1 Å². The van der Waals surface area contributed by atoms with E-state index in [4.69, 9.17) is 21.5 Å². The second kappa shape index (κ2) is 7.17. The Balaban J connectivity index is 3.05. The van der Waals surface area contributed by atoms with E-state index in [1.807, 2.05) is 0 Å². The van der Waals surface area contributed by atoms with Crippen molar-refractivity contribution >= 4 is 27.5 Å². The lowest BCUT2D eigenvalue weighted by molar-refractivity contribution is 0.0925. The molecular weight excluding hydrogens is 323 g/mol. The first-order chi connectivity index (χ1) is 9.66. The largest absolute Gasteiger partial charge is 0.385 e. The summed E-state index contributed by atoms with van der Waals surface area (Å²) in [6.07, 6.45) is 0.527. The van der Waals surface area contributed by atoms with Crippen LogP contribution >= 0.6 is 11.6 Å². The van der Waals surface area contributed by atoms with Crippen molar-refractivity contribution < 1.29 is 22.3 Å². The number of primary sulfonamides is 1. The van der Waals surface area contributed by atoms with Crippen molar-refractivity contribution in [3.05, 3.63) is 28.5 Å². The lowest BCUT2D eigenvalue weighted by Gasteiger charge is -2.14. The standard InChI is InChI=1S/C12H16ClFN2O4S/c1-7(3-4-20-2)16-12(17)8-5-11(21(15,18)19)9(13)6-10(8)14/h5-7H,3-4H2,1-2H3,(H,16,17)(H2,15,18,19). The highest BCUT2D eigenvalue weighted by atomic mass is 35.5. The van der Waals surface area contributed by atoms with Crippen molar-refractivity contribution in [2.45, 2.75) is 24.3 Å². The van der Waals surface area contributed by atoms with Crippen LogP contribution in [0, 0.1) is 5.82 Å². The third kappa shape index (κ3) is 4.92. The quantitative estimate of drug-likeness (QED) is 0.816. The molecule has 9 heteroatoms. The first kappa shape index (κ1) is 17.8. The molecule has 0 aliphatic heterocycles. The molecular formula is C12H16ClFN2O4S. The van der Waals surface area contributed by atoms with Crippen molar-refractivity contribution in [2.24, 2.45) is 5.14 Å². The maximum atomic E-state index is 13.8. The molecule has 0 saturated heterocycles.